The maximum Gasteiger partial charge on any atom is 0.321 e. The normalized spacial score (nSPS) is 18.2. The van der Waals surface area contributed by atoms with Crippen molar-refractivity contribution in [1.82, 2.24) is 19.7 Å². The van der Waals surface area contributed by atoms with Crippen LogP contribution in [-0.4, -0.2) is 38.8 Å². The molecule has 0 spiro atoms. The lowest BCUT2D eigenvalue weighted by Crippen LogP contribution is -2.43. The van der Waals surface area contributed by atoms with Gasteiger partial charge in [-0.05, 0) is 37.0 Å². The van der Waals surface area contributed by atoms with Crippen LogP contribution in [0.1, 0.15) is 12.8 Å². The van der Waals surface area contributed by atoms with E-state index in [-0.39, 0.29) is 6.03 Å². The average molecular weight is 320 g/mol. The van der Waals surface area contributed by atoms with Crippen LogP contribution in [0.5, 0.6) is 0 Å². The zero-order chi connectivity index (χ0) is 15.4. The van der Waals surface area contributed by atoms with E-state index in [1.54, 1.807) is 18.5 Å². The molecule has 1 aliphatic rings. The van der Waals surface area contributed by atoms with Gasteiger partial charge < -0.3 is 10.2 Å². The number of hydrogen-bond acceptors (Lipinski definition) is 3. The molecule has 0 saturated carbocycles. The number of likely N-dealkylation sites (tertiary alicyclic amines) is 1. The molecule has 1 atom stereocenters. The molecule has 1 saturated heterocycles. The van der Waals surface area contributed by atoms with Crippen LogP contribution in [0.4, 0.5) is 10.5 Å². The van der Waals surface area contributed by atoms with Crippen LogP contribution >= 0.6 is 11.6 Å². The maximum absolute atomic E-state index is 12.4. The lowest BCUT2D eigenvalue weighted by molar-refractivity contribution is 0.168. The Hall–Kier alpha value is -2.08. The molecule has 1 aromatic heterocycles. The molecule has 116 valence electrons. The molecule has 7 heteroatoms. The van der Waals surface area contributed by atoms with Crippen molar-refractivity contribution in [1.29, 1.82) is 0 Å². The third-order valence-corrected chi connectivity index (χ3v) is 4.03. The number of nitrogens with zero attached hydrogens (tertiary/aromatic N) is 4. The Balaban J connectivity index is 1.58. The zero-order valence-electron chi connectivity index (χ0n) is 12.2. The fraction of sp³-hybridized carbons (Fsp3) is 0.400. The molecule has 3 rings (SSSR count). The number of benzene rings is 1. The highest BCUT2D eigenvalue weighted by Gasteiger charge is 2.24. The van der Waals surface area contributed by atoms with Crippen molar-refractivity contribution in [2.75, 3.05) is 18.4 Å². The molecule has 1 N–H and O–H groups in total. The van der Waals surface area contributed by atoms with E-state index in [0.717, 1.165) is 38.2 Å². The Morgan fingerprint density at radius 2 is 2.36 bits per heavy atom. The summed E-state index contributed by atoms with van der Waals surface area (Å²) in [5.41, 5.74) is 0.718. The smallest absolute Gasteiger partial charge is 0.321 e. The number of hydrogen-bond donors (Lipinski definition) is 1. The van der Waals surface area contributed by atoms with Crippen molar-refractivity contribution >= 4 is 23.3 Å². The third-order valence-electron chi connectivity index (χ3n) is 3.79. The predicted molar refractivity (Wildman–Crippen MR) is 84.8 cm³/mol. The number of anilines is 1. The number of carbonyl (C=O) groups is 1. The molecule has 1 aromatic carbocycles. The Morgan fingerprint density at radius 1 is 1.45 bits per heavy atom. The summed E-state index contributed by atoms with van der Waals surface area (Å²) in [6, 6.07) is 7.11. The minimum Gasteiger partial charge on any atom is -0.324 e. The SMILES string of the molecule is O=C(Nc1cccc(Cl)c1)N1CCC[C@H](Cn2cncn2)C1. The molecular formula is C15H18ClN5O. The van der Waals surface area contributed by atoms with E-state index in [1.165, 1.54) is 6.33 Å². The average Bonchev–Trinajstić information content (AvgIpc) is 3.00. The molecule has 6 nitrogen and oxygen atoms in total. The largest absolute Gasteiger partial charge is 0.324 e. The van der Waals surface area contributed by atoms with E-state index in [9.17, 15) is 4.79 Å². The highest BCUT2D eigenvalue weighted by atomic mass is 35.5. The van der Waals surface area contributed by atoms with Gasteiger partial charge in [0.25, 0.3) is 0 Å². The lowest BCUT2D eigenvalue weighted by Gasteiger charge is -2.32. The molecule has 1 aliphatic heterocycles. The van der Waals surface area contributed by atoms with Gasteiger partial charge in [0.2, 0.25) is 0 Å². The van der Waals surface area contributed by atoms with Crippen molar-refractivity contribution in [2.24, 2.45) is 5.92 Å². The van der Waals surface area contributed by atoms with Crippen LogP contribution in [0.2, 0.25) is 5.02 Å². The van der Waals surface area contributed by atoms with Crippen molar-refractivity contribution in [3.05, 3.63) is 41.9 Å². The summed E-state index contributed by atoms with van der Waals surface area (Å²) >= 11 is 5.94. The summed E-state index contributed by atoms with van der Waals surface area (Å²) in [6.07, 6.45) is 5.35. The summed E-state index contributed by atoms with van der Waals surface area (Å²) in [5.74, 6) is 0.403. The van der Waals surface area contributed by atoms with E-state index in [0.29, 0.717) is 10.9 Å². The monoisotopic (exact) mass is 319 g/mol. The number of urea groups is 1. The number of amides is 2. The Labute approximate surface area is 134 Å². The Bertz CT molecular complexity index is 631. The molecular weight excluding hydrogens is 302 g/mol. The van der Waals surface area contributed by atoms with Crippen molar-refractivity contribution < 1.29 is 4.79 Å². The maximum atomic E-state index is 12.4. The fourth-order valence-corrected chi connectivity index (χ4v) is 2.95. The van der Waals surface area contributed by atoms with Gasteiger partial charge in [-0.3, -0.25) is 4.68 Å². The minimum atomic E-state index is -0.0782. The Morgan fingerprint density at radius 3 is 3.14 bits per heavy atom. The molecule has 2 amide bonds. The first-order valence-corrected chi connectivity index (χ1v) is 7.72. The Kier molecular flexibility index (Phi) is 4.58. The molecule has 2 aromatic rings. The highest BCUT2D eigenvalue weighted by molar-refractivity contribution is 6.30. The van der Waals surface area contributed by atoms with Crippen molar-refractivity contribution in [2.45, 2.75) is 19.4 Å². The van der Waals surface area contributed by atoms with Crippen LogP contribution in [-0.2, 0) is 6.54 Å². The van der Waals surface area contributed by atoms with Crippen molar-refractivity contribution in [3.8, 4) is 0 Å². The third kappa shape index (κ3) is 3.76. The number of rotatable bonds is 3. The summed E-state index contributed by atoms with van der Waals surface area (Å²) in [6.45, 7) is 2.30. The van der Waals surface area contributed by atoms with Gasteiger partial charge in [-0.15, -0.1) is 0 Å². The predicted octanol–water partition coefficient (Wildman–Crippen LogP) is 2.88. The van der Waals surface area contributed by atoms with Gasteiger partial charge >= 0.3 is 6.03 Å². The number of piperidine rings is 1. The zero-order valence-corrected chi connectivity index (χ0v) is 12.9. The molecule has 2 heterocycles. The van der Waals surface area contributed by atoms with E-state index in [4.69, 9.17) is 11.6 Å². The molecule has 0 bridgehead atoms. The molecule has 22 heavy (non-hydrogen) atoms. The number of nitrogens with one attached hydrogen (secondary N) is 1. The topological polar surface area (TPSA) is 63.1 Å². The second-order valence-corrected chi connectivity index (χ2v) is 5.95. The molecule has 0 aliphatic carbocycles. The van der Waals surface area contributed by atoms with E-state index < -0.39 is 0 Å². The second-order valence-electron chi connectivity index (χ2n) is 5.51. The van der Waals surface area contributed by atoms with Gasteiger partial charge in [0.05, 0.1) is 0 Å². The van der Waals surface area contributed by atoms with Crippen LogP contribution < -0.4 is 5.32 Å². The van der Waals surface area contributed by atoms with Crippen molar-refractivity contribution in [3.63, 3.8) is 0 Å². The van der Waals surface area contributed by atoms with Gasteiger partial charge in [0.1, 0.15) is 12.7 Å². The van der Waals surface area contributed by atoms with Gasteiger partial charge in [0, 0.05) is 30.3 Å². The van der Waals surface area contributed by atoms with E-state index >= 15 is 0 Å². The van der Waals surface area contributed by atoms with E-state index in [1.807, 2.05) is 21.7 Å². The van der Waals surface area contributed by atoms with Crippen LogP contribution in [0.3, 0.4) is 0 Å². The van der Waals surface area contributed by atoms with Gasteiger partial charge in [0.15, 0.2) is 0 Å². The van der Waals surface area contributed by atoms with Crippen LogP contribution in [0, 0.1) is 5.92 Å². The van der Waals surface area contributed by atoms with Gasteiger partial charge in [-0.2, -0.15) is 5.10 Å². The first kappa shape index (κ1) is 14.8. The van der Waals surface area contributed by atoms with Gasteiger partial charge in [-0.25, -0.2) is 9.78 Å². The quantitative estimate of drug-likeness (QED) is 0.946. The summed E-state index contributed by atoms with van der Waals surface area (Å²) in [5, 5.41) is 7.64. The minimum absolute atomic E-state index is 0.0782. The second kappa shape index (κ2) is 6.79. The first-order valence-electron chi connectivity index (χ1n) is 7.34. The lowest BCUT2D eigenvalue weighted by atomic mass is 9.98. The standard InChI is InChI=1S/C15H18ClN5O/c16-13-4-1-5-14(7-13)19-15(22)20-6-2-3-12(8-20)9-21-11-17-10-18-21/h1,4-5,7,10-12H,2-3,6,8-9H2,(H,19,22)/t12-/m0/s1. The first-order chi connectivity index (χ1) is 10.7. The number of carbonyl (C=O) groups excluding carboxylic acids is 1. The summed E-state index contributed by atoms with van der Waals surface area (Å²) in [7, 11) is 0. The highest BCUT2D eigenvalue weighted by Crippen LogP contribution is 2.20. The molecule has 0 radical (unpaired) electrons. The fourth-order valence-electron chi connectivity index (χ4n) is 2.76. The summed E-state index contributed by atoms with van der Waals surface area (Å²) in [4.78, 5) is 18.2. The number of aromatic nitrogens is 3. The summed E-state index contributed by atoms with van der Waals surface area (Å²) < 4.78 is 1.82. The molecule has 0 unspecified atom stereocenters. The van der Waals surface area contributed by atoms with Gasteiger partial charge in [-0.1, -0.05) is 17.7 Å². The van der Waals surface area contributed by atoms with Crippen LogP contribution in [0.15, 0.2) is 36.9 Å². The van der Waals surface area contributed by atoms with E-state index in [2.05, 4.69) is 15.4 Å². The molecule has 1 fully saturated rings. The van der Waals surface area contributed by atoms with Crippen LogP contribution in [0.25, 0.3) is 0 Å². The number of halogens is 1.